The maximum Gasteiger partial charge on any atom is 0.429 e. The monoisotopic (exact) mass is 647 g/mol. The number of carbonyl (C=O) groups is 1. The van der Waals surface area contributed by atoms with Gasteiger partial charge in [0.25, 0.3) is 0 Å². The van der Waals surface area contributed by atoms with Crippen LogP contribution in [0.5, 0.6) is 5.88 Å². The molecule has 1 spiro atoms. The van der Waals surface area contributed by atoms with Crippen molar-refractivity contribution >= 4 is 27.6 Å². The highest BCUT2D eigenvalue weighted by atomic mass is 32.2. The molecule has 2 saturated heterocycles. The largest absolute Gasteiger partial charge is 0.480 e. The van der Waals surface area contributed by atoms with Gasteiger partial charge in [0.1, 0.15) is 11.9 Å². The molecule has 0 bridgehead atoms. The van der Waals surface area contributed by atoms with Crippen molar-refractivity contribution in [3.63, 3.8) is 0 Å². The molecule has 2 fully saturated rings. The van der Waals surface area contributed by atoms with Crippen LogP contribution in [-0.2, 0) is 21.1 Å². The van der Waals surface area contributed by atoms with Gasteiger partial charge in [-0.3, -0.25) is 4.79 Å². The molecule has 0 saturated carbocycles. The Hall–Kier alpha value is -3.91. The van der Waals surface area contributed by atoms with E-state index in [1.165, 1.54) is 30.3 Å². The summed E-state index contributed by atoms with van der Waals surface area (Å²) >= 11 is 0. The number of piperidine rings is 1. The minimum Gasteiger partial charge on any atom is -0.480 e. The maximum atomic E-state index is 14.8. The molecule has 0 aliphatic carbocycles. The van der Waals surface area contributed by atoms with E-state index in [-0.39, 0.29) is 33.3 Å². The van der Waals surface area contributed by atoms with Crippen LogP contribution in [-0.4, -0.2) is 67.6 Å². The zero-order valence-electron chi connectivity index (χ0n) is 25.0. The number of aliphatic carboxylic acids is 1. The average Bonchev–Trinajstić information content (AvgIpc) is 3.39. The van der Waals surface area contributed by atoms with Gasteiger partial charge in [-0.2, -0.15) is 23.1 Å². The Kier molecular flexibility index (Phi) is 9.00. The van der Waals surface area contributed by atoms with Crippen molar-refractivity contribution in [3.8, 4) is 17.0 Å². The Bertz CT molecular complexity index is 1680. The van der Waals surface area contributed by atoms with E-state index < -0.39 is 34.1 Å². The van der Waals surface area contributed by atoms with Gasteiger partial charge in [0.05, 0.1) is 4.90 Å². The molecule has 45 heavy (non-hydrogen) atoms. The number of carboxylic acids is 1. The standard InChI is InChI=1S/C31H36F3N5O5S/c1-3-5-19-8-9-22(23(14-19)20-6-4-7-21(15-20)45(2,42)43)27(31(32,33)34)44-26-16-25(37-29(35)38-26)39-12-10-30(11-13-39)17-24(28(40)41)36-18-30/h4,6-9,14-16,24,27,36H,3,5,10-13,17-18H2,1-2H3,(H,40,41)(H2,35,37,38). The summed E-state index contributed by atoms with van der Waals surface area (Å²) in [6.45, 7) is 3.55. The second-order valence-electron chi connectivity index (χ2n) is 11.9. The molecule has 0 amide bonds. The van der Waals surface area contributed by atoms with Gasteiger partial charge >= 0.3 is 12.1 Å². The zero-order chi connectivity index (χ0) is 32.6. The third-order valence-corrected chi connectivity index (χ3v) is 9.67. The fraction of sp³-hybridized carbons (Fsp3) is 0.452. The van der Waals surface area contributed by atoms with Crippen molar-refractivity contribution in [2.75, 3.05) is 36.5 Å². The minimum absolute atomic E-state index is 0.0142. The molecule has 2 aliphatic rings. The molecule has 3 aromatic rings. The van der Waals surface area contributed by atoms with Gasteiger partial charge in [0, 0.05) is 37.5 Å². The Balaban J connectivity index is 1.46. The van der Waals surface area contributed by atoms with E-state index in [4.69, 9.17) is 10.5 Å². The number of nitrogens with one attached hydrogen (secondary N) is 1. The van der Waals surface area contributed by atoms with Crippen molar-refractivity contribution in [2.45, 2.75) is 62.2 Å². The smallest absolute Gasteiger partial charge is 0.429 e. The summed E-state index contributed by atoms with van der Waals surface area (Å²) in [6.07, 6.45) is -3.04. The fourth-order valence-corrected chi connectivity index (χ4v) is 6.85. The second-order valence-corrected chi connectivity index (χ2v) is 13.9. The van der Waals surface area contributed by atoms with Gasteiger partial charge in [0.2, 0.25) is 17.9 Å². The van der Waals surface area contributed by atoms with Crippen LogP contribution < -0.4 is 20.7 Å². The summed E-state index contributed by atoms with van der Waals surface area (Å²) in [5.41, 5.74) is 6.87. The lowest BCUT2D eigenvalue weighted by atomic mass is 9.76. The summed E-state index contributed by atoms with van der Waals surface area (Å²) < 4.78 is 74.4. The normalized spacial score (nSPS) is 19.0. The number of carboxylic acid groups (broad SMARTS) is 1. The van der Waals surface area contributed by atoms with Gasteiger partial charge < -0.3 is 25.8 Å². The first-order chi connectivity index (χ1) is 21.2. The van der Waals surface area contributed by atoms with E-state index in [1.807, 2.05) is 11.8 Å². The number of nitrogens with two attached hydrogens (primary N) is 1. The van der Waals surface area contributed by atoms with E-state index in [0.29, 0.717) is 56.7 Å². The highest BCUT2D eigenvalue weighted by molar-refractivity contribution is 7.90. The van der Waals surface area contributed by atoms with E-state index in [1.54, 1.807) is 18.2 Å². The van der Waals surface area contributed by atoms with Crippen molar-refractivity contribution in [2.24, 2.45) is 5.41 Å². The Morgan fingerprint density at radius 3 is 2.53 bits per heavy atom. The number of nitrogens with zero attached hydrogens (tertiary/aromatic N) is 3. The maximum absolute atomic E-state index is 14.8. The minimum atomic E-state index is -4.87. The van der Waals surface area contributed by atoms with E-state index in [0.717, 1.165) is 18.2 Å². The molecule has 2 aliphatic heterocycles. The van der Waals surface area contributed by atoms with Crippen LogP contribution in [0.1, 0.15) is 49.8 Å². The number of aromatic nitrogens is 2. The predicted octanol–water partition coefficient (Wildman–Crippen LogP) is 4.80. The van der Waals surface area contributed by atoms with Crippen molar-refractivity contribution in [1.29, 1.82) is 0 Å². The average molecular weight is 648 g/mol. The molecular formula is C31H36F3N5O5S. The van der Waals surface area contributed by atoms with Crippen LogP contribution in [0.15, 0.2) is 53.4 Å². The number of sulfone groups is 1. The first-order valence-electron chi connectivity index (χ1n) is 14.7. The van der Waals surface area contributed by atoms with E-state index in [9.17, 15) is 31.5 Å². The third kappa shape index (κ3) is 7.33. The quantitative estimate of drug-likeness (QED) is 0.296. The van der Waals surface area contributed by atoms with Crippen LogP contribution in [0, 0.1) is 5.41 Å². The van der Waals surface area contributed by atoms with Crippen LogP contribution >= 0.6 is 0 Å². The number of aryl methyl sites for hydroxylation is 1. The molecule has 0 radical (unpaired) electrons. The van der Waals surface area contributed by atoms with Crippen LogP contribution in [0.3, 0.4) is 0 Å². The lowest BCUT2D eigenvalue weighted by molar-refractivity contribution is -0.198. The lowest BCUT2D eigenvalue weighted by Gasteiger charge is -2.39. The number of hydrogen-bond acceptors (Lipinski definition) is 9. The number of halogens is 3. The van der Waals surface area contributed by atoms with Crippen LogP contribution in [0.2, 0.25) is 0 Å². The SMILES string of the molecule is CCCc1ccc(C(Oc2cc(N3CCC4(CC3)CNC(C(=O)O)C4)nc(N)n2)C(F)(F)F)c(-c2cccc(S(C)(=O)=O)c2)c1. The highest BCUT2D eigenvalue weighted by Gasteiger charge is 2.46. The van der Waals surface area contributed by atoms with Crippen molar-refractivity contribution in [1.82, 2.24) is 15.3 Å². The molecule has 14 heteroatoms. The Labute approximate surface area is 259 Å². The number of hydrogen-bond donors (Lipinski definition) is 3. The molecular weight excluding hydrogens is 611 g/mol. The molecule has 4 N–H and O–H groups in total. The van der Waals surface area contributed by atoms with Gasteiger partial charge in [0.15, 0.2) is 9.84 Å². The van der Waals surface area contributed by atoms with Crippen LogP contribution in [0.25, 0.3) is 11.1 Å². The first-order valence-corrected chi connectivity index (χ1v) is 16.6. The topological polar surface area (TPSA) is 148 Å². The van der Waals surface area contributed by atoms with Gasteiger partial charge in [-0.15, -0.1) is 0 Å². The number of benzene rings is 2. The molecule has 2 atom stereocenters. The van der Waals surface area contributed by atoms with Gasteiger partial charge in [-0.25, -0.2) is 8.42 Å². The summed E-state index contributed by atoms with van der Waals surface area (Å²) in [5, 5.41) is 12.4. The van der Waals surface area contributed by atoms with Gasteiger partial charge in [-0.05, 0) is 59.9 Å². The lowest BCUT2D eigenvalue weighted by Crippen LogP contribution is -2.41. The number of alkyl halides is 3. The van der Waals surface area contributed by atoms with Crippen molar-refractivity contribution in [3.05, 3.63) is 59.7 Å². The molecule has 5 rings (SSSR count). The summed E-state index contributed by atoms with van der Waals surface area (Å²) in [7, 11) is -3.62. The Morgan fingerprint density at radius 2 is 1.91 bits per heavy atom. The predicted molar refractivity (Wildman–Crippen MR) is 163 cm³/mol. The van der Waals surface area contributed by atoms with Gasteiger partial charge in [-0.1, -0.05) is 43.7 Å². The number of rotatable bonds is 9. The highest BCUT2D eigenvalue weighted by Crippen LogP contribution is 2.43. The van der Waals surface area contributed by atoms with Crippen LogP contribution in [0.4, 0.5) is 24.9 Å². The molecule has 10 nitrogen and oxygen atoms in total. The molecule has 1 aromatic heterocycles. The summed E-state index contributed by atoms with van der Waals surface area (Å²) in [5.74, 6) is -1.18. The molecule has 242 valence electrons. The first kappa shape index (κ1) is 32.5. The zero-order valence-corrected chi connectivity index (χ0v) is 25.8. The fourth-order valence-electron chi connectivity index (χ4n) is 6.18. The third-order valence-electron chi connectivity index (χ3n) is 8.56. The Morgan fingerprint density at radius 1 is 1.18 bits per heavy atom. The summed E-state index contributed by atoms with van der Waals surface area (Å²) in [6, 6.07) is 11.2. The molecule has 2 unspecified atom stereocenters. The summed E-state index contributed by atoms with van der Waals surface area (Å²) in [4.78, 5) is 21.5. The number of anilines is 2. The molecule has 2 aromatic carbocycles. The van der Waals surface area contributed by atoms with E-state index in [2.05, 4.69) is 15.3 Å². The van der Waals surface area contributed by atoms with Crippen molar-refractivity contribution < 1.29 is 36.2 Å². The second kappa shape index (κ2) is 12.5. The van der Waals surface area contributed by atoms with E-state index >= 15 is 0 Å². The number of nitrogen functional groups attached to an aromatic ring is 1. The number of ether oxygens (including phenoxy) is 1. The molecule has 3 heterocycles.